The lowest BCUT2D eigenvalue weighted by Crippen LogP contribution is -2.29. The minimum atomic E-state index is -1.39. The molecule has 0 radical (unpaired) electrons. The number of fused-ring (bicyclic) bond motifs is 4. The number of nitrogens with zero attached hydrogens (tertiary/aromatic N) is 2. The largest absolute Gasteiger partial charge is 0.545 e. The van der Waals surface area contributed by atoms with Gasteiger partial charge in [0.1, 0.15) is 41.5 Å². The first-order chi connectivity index (χ1) is 36.9. The molecule has 1 amide bonds. The number of anilines is 4. The number of aromatic carboxylic acids is 1. The molecule has 380 valence electrons. The van der Waals surface area contributed by atoms with Crippen LogP contribution < -0.4 is 41.3 Å². The molecule has 10 rings (SSSR count). The number of benzene rings is 8. The normalized spacial score (nSPS) is 11.3. The number of phenolic OH excluding ortho intramolecular Hbond substituents is 1. The fraction of sp³-hybridized carbons (Fsp3) is 0.131. The van der Waals surface area contributed by atoms with Crippen molar-refractivity contribution in [2.24, 2.45) is 0 Å². The molecule has 0 saturated heterocycles. The third-order valence-electron chi connectivity index (χ3n) is 13.3. The molecule has 0 spiro atoms. The van der Waals surface area contributed by atoms with Gasteiger partial charge < -0.3 is 44.7 Å². The first-order valence-corrected chi connectivity index (χ1v) is 27.4. The van der Waals surface area contributed by atoms with Crippen molar-refractivity contribution in [3.05, 3.63) is 190 Å². The minimum absolute atomic E-state index is 0.0520. The van der Waals surface area contributed by atoms with Gasteiger partial charge in [0.2, 0.25) is 5.36 Å². The monoisotopic (exact) mass is 1060 g/mol. The number of carbonyl (C=O) groups is 2. The van der Waals surface area contributed by atoms with Crippen LogP contribution in [0, 0.1) is 0 Å². The van der Waals surface area contributed by atoms with Crippen LogP contribution in [-0.2, 0) is 0 Å². The van der Waals surface area contributed by atoms with Gasteiger partial charge in [0.15, 0.2) is 10.5 Å². The molecule has 0 fully saturated rings. The molecule has 2 aliphatic carbocycles. The fourth-order valence-corrected chi connectivity index (χ4v) is 11.7. The first kappa shape index (κ1) is 51.1. The highest BCUT2D eigenvalue weighted by Crippen LogP contribution is 2.45. The van der Waals surface area contributed by atoms with Crippen molar-refractivity contribution >= 4 is 95.5 Å². The maximum Gasteiger partial charge on any atom is 0.256 e. The van der Waals surface area contributed by atoms with Crippen molar-refractivity contribution in [2.75, 3.05) is 47.0 Å². The summed E-state index contributed by atoms with van der Waals surface area (Å²) >= 11 is 5.69. The maximum atomic E-state index is 14.3. The van der Waals surface area contributed by atoms with Crippen LogP contribution in [0.1, 0.15) is 48.4 Å². The standard InChI is InChI=1S/C61H51N5O7S3/c1-5-65(6-2)39-18-27-48-53(32-39)72-54-33-40(66(7-3)8-4)19-28-49(54)57(48)45-11-9-10-12-46(45)59(69)62-36-13-22-43(23-14-36)75-76-44-24-15-37(16-25-44)63-61(74)64-38-17-26-47(60(70)71)52(31-38)58-50-29-20-41(67)34-55(50)73-56-35-42(68)21-30-51(56)58/h9-35H,5-8H2,1-4H3,(H4-,62,63,64,67,68,69,70,71,74). The number of phenols is 1. The van der Waals surface area contributed by atoms with E-state index in [2.05, 4.69) is 89.5 Å². The molecule has 2 heterocycles. The molecule has 0 saturated carbocycles. The van der Waals surface area contributed by atoms with Gasteiger partial charge in [-0.1, -0.05) is 45.9 Å². The van der Waals surface area contributed by atoms with E-state index in [4.69, 9.17) is 21.1 Å². The number of amides is 1. The van der Waals surface area contributed by atoms with E-state index in [9.17, 15) is 24.6 Å². The predicted octanol–water partition coefficient (Wildman–Crippen LogP) is 12.7. The average molecular weight is 1060 g/mol. The van der Waals surface area contributed by atoms with Crippen LogP contribution >= 0.6 is 33.8 Å². The molecule has 6 aromatic rings. The molecule has 0 unspecified atom stereocenters. The van der Waals surface area contributed by atoms with Crippen molar-refractivity contribution in [3.8, 4) is 50.7 Å². The highest BCUT2D eigenvalue weighted by Gasteiger charge is 2.24. The van der Waals surface area contributed by atoms with Gasteiger partial charge in [0.05, 0.1) is 12.0 Å². The first-order valence-electron chi connectivity index (χ1n) is 24.8. The number of aromatic hydroxyl groups is 1. The second kappa shape index (κ2) is 22.2. The molecule has 6 aromatic carbocycles. The van der Waals surface area contributed by atoms with E-state index >= 15 is 0 Å². The maximum absolute atomic E-state index is 14.3. The van der Waals surface area contributed by atoms with Crippen LogP contribution in [0.25, 0.3) is 66.8 Å². The highest BCUT2D eigenvalue weighted by atomic mass is 33.1. The Morgan fingerprint density at radius 3 is 1.83 bits per heavy atom. The number of nitrogens with one attached hydrogen (secondary N) is 3. The molecule has 0 bridgehead atoms. The SMILES string of the molecule is CCN(CC)c1ccc2c(-c3ccccc3C(=O)Nc3ccc(SSc4ccc(NC(=S)Nc5ccc(C(=O)[O-])c(-c6c7ccc(=O)cc-7oc7cc(O)ccc67)c5)cc4)cc3)c3ccc(=[N+](CC)CC)cc-3oc2c1. The second-order valence-corrected chi connectivity index (χ2v) is 20.5. The Kier molecular flexibility index (Phi) is 15.0. The van der Waals surface area contributed by atoms with Gasteiger partial charge in [-0.15, -0.1) is 0 Å². The highest BCUT2D eigenvalue weighted by molar-refractivity contribution is 8.76. The zero-order valence-electron chi connectivity index (χ0n) is 41.9. The molecule has 2 aliphatic heterocycles. The molecule has 4 aliphatic rings. The molecular weight excluding hydrogens is 1010 g/mol. The fourth-order valence-electron chi connectivity index (χ4n) is 9.56. The van der Waals surface area contributed by atoms with Crippen LogP contribution in [0.4, 0.5) is 22.7 Å². The summed E-state index contributed by atoms with van der Waals surface area (Å²) in [6.45, 7) is 12.1. The lowest BCUT2D eigenvalue weighted by atomic mass is 9.90. The lowest BCUT2D eigenvalue weighted by molar-refractivity contribution is -0.254. The van der Waals surface area contributed by atoms with E-state index in [1.807, 2.05) is 72.8 Å². The van der Waals surface area contributed by atoms with Gasteiger partial charge in [0, 0.05) is 114 Å². The molecule has 0 atom stereocenters. The van der Waals surface area contributed by atoms with Crippen LogP contribution in [0.5, 0.6) is 5.75 Å². The van der Waals surface area contributed by atoms with Gasteiger partial charge >= 0.3 is 0 Å². The summed E-state index contributed by atoms with van der Waals surface area (Å²) in [6.07, 6.45) is 0. The number of hydrogen-bond acceptors (Lipinski definition) is 11. The molecule has 12 nitrogen and oxygen atoms in total. The molecule has 0 aromatic heterocycles. The zero-order chi connectivity index (χ0) is 53.0. The average Bonchev–Trinajstić information content (AvgIpc) is 3.43. The second-order valence-electron chi connectivity index (χ2n) is 17.8. The van der Waals surface area contributed by atoms with E-state index in [0.717, 1.165) is 86.1 Å². The Morgan fingerprint density at radius 1 is 0.592 bits per heavy atom. The molecular formula is C61H51N5O7S3. The van der Waals surface area contributed by atoms with Gasteiger partial charge in [-0.25, -0.2) is 4.58 Å². The van der Waals surface area contributed by atoms with E-state index in [1.165, 1.54) is 30.3 Å². The Labute approximate surface area is 451 Å². The lowest BCUT2D eigenvalue weighted by Gasteiger charge is -2.22. The van der Waals surface area contributed by atoms with Crippen molar-refractivity contribution in [3.63, 3.8) is 0 Å². The topological polar surface area (TPSA) is 163 Å². The van der Waals surface area contributed by atoms with E-state index in [0.29, 0.717) is 39.0 Å². The van der Waals surface area contributed by atoms with Gasteiger partial charge in [-0.05, 0) is 160 Å². The van der Waals surface area contributed by atoms with Crippen molar-refractivity contribution in [1.82, 2.24) is 4.58 Å². The van der Waals surface area contributed by atoms with Crippen molar-refractivity contribution < 1.29 is 28.6 Å². The summed E-state index contributed by atoms with van der Waals surface area (Å²) in [5.74, 6) is -0.677. The summed E-state index contributed by atoms with van der Waals surface area (Å²) in [6, 6.07) is 49.5. The Balaban J connectivity index is 0.815. The number of hydrogen-bond donors (Lipinski definition) is 4. The third-order valence-corrected chi connectivity index (χ3v) is 15.9. The number of carboxylic acid groups (broad SMARTS) is 1. The number of carboxylic acids is 1. The number of carbonyl (C=O) groups excluding carboxylic acids is 2. The summed E-state index contributed by atoms with van der Waals surface area (Å²) < 4.78 is 15.0. The van der Waals surface area contributed by atoms with E-state index in [1.54, 1.807) is 45.9 Å². The summed E-state index contributed by atoms with van der Waals surface area (Å²) in [5, 5.41) is 35.0. The number of rotatable bonds is 15. The minimum Gasteiger partial charge on any atom is -0.545 e. The number of thiocarbonyl (C=S) groups is 1. The van der Waals surface area contributed by atoms with E-state index in [-0.39, 0.29) is 39.1 Å². The molecule has 4 N–H and O–H groups in total. The van der Waals surface area contributed by atoms with Crippen molar-refractivity contribution in [1.29, 1.82) is 0 Å². The zero-order valence-corrected chi connectivity index (χ0v) is 44.4. The smallest absolute Gasteiger partial charge is 0.256 e. The quantitative estimate of drug-likeness (QED) is 0.0332. The van der Waals surface area contributed by atoms with Crippen LogP contribution in [0.15, 0.2) is 187 Å². The molecule has 15 heteroatoms. The predicted molar refractivity (Wildman–Crippen MR) is 311 cm³/mol. The van der Waals surface area contributed by atoms with Gasteiger partial charge in [-0.3, -0.25) is 9.59 Å². The third kappa shape index (κ3) is 10.6. The van der Waals surface area contributed by atoms with Gasteiger partial charge in [0.25, 0.3) is 5.91 Å². The summed E-state index contributed by atoms with van der Waals surface area (Å²) in [4.78, 5) is 43.3. The Morgan fingerprint density at radius 2 is 1.17 bits per heavy atom. The van der Waals surface area contributed by atoms with Gasteiger partial charge in [-0.2, -0.15) is 0 Å². The Bertz CT molecular complexity index is 3920. The Hall–Kier alpha value is -8.37. The summed E-state index contributed by atoms with van der Waals surface area (Å²) in [5.41, 5.74) is 8.16. The summed E-state index contributed by atoms with van der Waals surface area (Å²) in [7, 11) is 3.17. The van der Waals surface area contributed by atoms with Crippen molar-refractivity contribution in [2.45, 2.75) is 37.5 Å². The van der Waals surface area contributed by atoms with E-state index < -0.39 is 5.97 Å². The molecule has 76 heavy (non-hydrogen) atoms. The van der Waals surface area contributed by atoms with Crippen LogP contribution in [0.3, 0.4) is 0 Å². The van der Waals surface area contributed by atoms with Crippen LogP contribution in [0.2, 0.25) is 0 Å². The van der Waals surface area contributed by atoms with Crippen LogP contribution in [-0.4, -0.2) is 48.3 Å².